The third-order valence-electron chi connectivity index (χ3n) is 3.43. The lowest BCUT2D eigenvalue weighted by Gasteiger charge is -2.21. The van der Waals surface area contributed by atoms with Crippen molar-refractivity contribution in [2.24, 2.45) is 0 Å². The van der Waals surface area contributed by atoms with E-state index in [4.69, 9.17) is 0 Å². The molecule has 0 N–H and O–H groups in total. The summed E-state index contributed by atoms with van der Waals surface area (Å²) in [5.74, 6) is 0.0479. The average molecular weight is 297 g/mol. The van der Waals surface area contributed by atoms with Crippen LogP contribution in [0.4, 0.5) is 0 Å². The Morgan fingerprint density at radius 3 is 2.10 bits per heavy atom. The molecular formula is C15H27N3OS. The van der Waals surface area contributed by atoms with Crippen LogP contribution in [0.1, 0.15) is 75.7 Å². The van der Waals surface area contributed by atoms with Gasteiger partial charge in [-0.1, -0.05) is 52.4 Å². The Morgan fingerprint density at radius 1 is 1.05 bits per heavy atom. The van der Waals surface area contributed by atoms with Crippen molar-refractivity contribution in [1.29, 1.82) is 0 Å². The van der Waals surface area contributed by atoms with Gasteiger partial charge in [0.2, 0.25) is 0 Å². The largest absolute Gasteiger partial charge is 0.337 e. The molecule has 1 aromatic heterocycles. The third-order valence-corrected chi connectivity index (χ3v) is 3.91. The second kappa shape index (κ2) is 10.8. The standard InChI is InChI=1S/C15H27N3OS/c1-3-5-7-9-11-18(12-10-8-6-4-2)15(19)14-13-16-20-17-14/h13H,3-12H2,1-2H3. The van der Waals surface area contributed by atoms with Crippen LogP contribution in [0.2, 0.25) is 0 Å². The maximum Gasteiger partial charge on any atom is 0.275 e. The minimum atomic E-state index is 0.0479. The molecule has 114 valence electrons. The highest BCUT2D eigenvalue weighted by atomic mass is 32.1. The summed E-state index contributed by atoms with van der Waals surface area (Å²) in [6.07, 6.45) is 11.1. The van der Waals surface area contributed by atoms with Crippen molar-refractivity contribution in [3.05, 3.63) is 11.9 Å². The number of carbonyl (C=O) groups is 1. The fourth-order valence-electron chi connectivity index (χ4n) is 2.19. The molecule has 0 saturated heterocycles. The summed E-state index contributed by atoms with van der Waals surface area (Å²) in [6, 6.07) is 0. The predicted octanol–water partition coefficient (Wildman–Crippen LogP) is 4.14. The highest BCUT2D eigenvalue weighted by molar-refractivity contribution is 6.99. The SMILES string of the molecule is CCCCCCN(CCCCCC)C(=O)c1cnsn1. The predicted molar refractivity (Wildman–Crippen MR) is 84.1 cm³/mol. The fourth-order valence-corrected chi connectivity index (χ4v) is 2.60. The molecular weight excluding hydrogens is 270 g/mol. The van der Waals surface area contributed by atoms with E-state index >= 15 is 0 Å². The van der Waals surface area contributed by atoms with E-state index in [0.29, 0.717) is 5.69 Å². The molecule has 0 saturated carbocycles. The molecule has 0 spiro atoms. The van der Waals surface area contributed by atoms with Crippen LogP contribution in [0.3, 0.4) is 0 Å². The number of amides is 1. The third kappa shape index (κ3) is 6.46. The molecule has 0 radical (unpaired) electrons. The highest BCUT2D eigenvalue weighted by Crippen LogP contribution is 2.09. The molecule has 0 fully saturated rings. The van der Waals surface area contributed by atoms with E-state index in [9.17, 15) is 4.79 Å². The van der Waals surface area contributed by atoms with Gasteiger partial charge >= 0.3 is 0 Å². The van der Waals surface area contributed by atoms with Crippen LogP contribution in [-0.4, -0.2) is 32.6 Å². The zero-order valence-corrected chi connectivity index (χ0v) is 13.6. The van der Waals surface area contributed by atoms with Gasteiger partial charge in [0.05, 0.1) is 17.9 Å². The highest BCUT2D eigenvalue weighted by Gasteiger charge is 2.17. The van der Waals surface area contributed by atoms with Gasteiger partial charge in [-0.3, -0.25) is 4.79 Å². The van der Waals surface area contributed by atoms with Crippen LogP contribution in [0, 0.1) is 0 Å². The van der Waals surface area contributed by atoms with E-state index in [2.05, 4.69) is 22.6 Å². The zero-order chi connectivity index (χ0) is 14.6. The van der Waals surface area contributed by atoms with Crippen molar-refractivity contribution in [2.75, 3.05) is 13.1 Å². The number of hydrogen-bond acceptors (Lipinski definition) is 4. The molecule has 0 bridgehead atoms. The van der Waals surface area contributed by atoms with Gasteiger partial charge < -0.3 is 4.90 Å². The number of unbranched alkanes of at least 4 members (excludes halogenated alkanes) is 6. The van der Waals surface area contributed by atoms with Gasteiger partial charge in [-0.15, -0.1) is 0 Å². The fraction of sp³-hybridized carbons (Fsp3) is 0.800. The van der Waals surface area contributed by atoms with Crippen molar-refractivity contribution < 1.29 is 4.79 Å². The van der Waals surface area contributed by atoms with Gasteiger partial charge in [-0.25, -0.2) is 0 Å². The Hall–Kier alpha value is -0.970. The molecule has 1 amide bonds. The molecule has 4 nitrogen and oxygen atoms in total. The van der Waals surface area contributed by atoms with Crippen molar-refractivity contribution in [3.8, 4) is 0 Å². The smallest absolute Gasteiger partial charge is 0.275 e. The molecule has 0 unspecified atom stereocenters. The maximum absolute atomic E-state index is 12.4. The quantitative estimate of drug-likeness (QED) is 0.577. The van der Waals surface area contributed by atoms with E-state index in [-0.39, 0.29) is 5.91 Å². The van der Waals surface area contributed by atoms with Crippen LogP contribution in [-0.2, 0) is 0 Å². The minimum absolute atomic E-state index is 0.0479. The molecule has 1 aromatic rings. The molecule has 0 aliphatic carbocycles. The van der Waals surface area contributed by atoms with Crippen molar-refractivity contribution in [1.82, 2.24) is 13.6 Å². The van der Waals surface area contributed by atoms with Crippen LogP contribution >= 0.6 is 11.7 Å². The summed E-state index contributed by atoms with van der Waals surface area (Å²) in [5.41, 5.74) is 0.501. The Morgan fingerprint density at radius 2 is 1.65 bits per heavy atom. The first-order valence-electron chi connectivity index (χ1n) is 7.86. The van der Waals surface area contributed by atoms with Gasteiger partial charge in [0.25, 0.3) is 5.91 Å². The lowest BCUT2D eigenvalue weighted by molar-refractivity contribution is 0.0744. The average Bonchev–Trinajstić information content (AvgIpc) is 2.99. The molecule has 20 heavy (non-hydrogen) atoms. The summed E-state index contributed by atoms with van der Waals surface area (Å²) >= 11 is 1.10. The first-order chi connectivity index (χ1) is 9.79. The molecule has 0 atom stereocenters. The van der Waals surface area contributed by atoms with Gasteiger partial charge in [0.1, 0.15) is 0 Å². The van der Waals surface area contributed by atoms with Crippen LogP contribution in [0.5, 0.6) is 0 Å². The molecule has 5 heteroatoms. The van der Waals surface area contributed by atoms with Gasteiger partial charge in [0.15, 0.2) is 5.69 Å². The Kier molecular flexibility index (Phi) is 9.20. The van der Waals surface area contributed by atoms with Gasteiger partial charge in [-0.05, 0) is 12.8 Å². The van der Waals surface area contributed by atoms with Crippen LogP contribution in [0.15, 0.2) is 6.20 Å². The van der Waals surface area contributed by atoms with Gasteiger partial charge in [0, 0.05) is 13.1 Å². The van der Waals surface area contributed by atoms with Crippen LogP contribution in [0.25, 0.3) is 0 Å². The summed E-state index contributed by atoms with van der Waals surface area (Å²) in [5, 5.41) is 0. The Bertz CT molecular complexity index is 342. The molecule has 0 aliphatic rings. The number of hydrogen-bond donors (Lipinski definition) is 0. The summed E-state index contributed by atoms with van der Waals surface area (Å²) in [4.78, 5) is 14.3. The summed E-state index contributed by atoms with van der Waals surface area (Å²) < 4.78 is 7.99. The Labute approximate surface area is 126 Å². The van der Waals surface area contributed by atoms with E-state index < -0.39 is 0 Å². The van der Waals surface area contributed by atoms with E-state index in [1.165, 1.54) is 38.5 Å². The molecule has 1 heterocycles. The van der Waals surface area contributed by atoms with Crippen molar-refractivity contribution in [3.63, 3.8) is 0 Å². The summed E-state index contributed by atoms with van der Waals surface area (Å²) in [6.45, 7) is 6.11. The first-order valence-corrected chi connectivity index (χ1v) is 8.59. The van der Waals surface area contributed by atoms with Crippen LogP contribution < -0.4 is 0 Å². The lowest BCUT2D eigenvalue weighted by atomic mass is 10.1. The lowest BCUT2D eigenvalue weighted by Crippen LogP contribution is -2.33. The topological polar surface area (TPSA) is 46.1 Å². The number of rotatable bonds is 11. The van der Waals surface area contributed by atoms with Gasteiger partial charge in [-0.2, -0.15) is 8.75 Å². The molecule has 0 aromatic carbocycles. The number of aromatic nitrogens is 2. The number of nitrogens with zero attached hydrogens (tertiary/aromatic N) is 3. The maximum atomic E-state index is 12.4. The first kappa shape index (κ1) is 17.1. The van der Waals surface area contributed by atoms with Crippen molar-refractivity contribution >= 4 is 17.6 Å². The molecule has 1 rings (SSSR count). The Balaban J connectivity index is 2.43. The monoisotopic (exact) mass is 297 g/mol. The second-order valence-electron chi connectivity index (χ2n) is 5.21. The normalized spacial score (nSPS) is 10.7. The summed E-state index contributed by atoms with van der Waals surface area (Å²) in [7, 11) is 0. The van der Waals surface area contributed by atoms with E-state index in [0.717, 1.165) is 37.7 Å². The van der Waals surface area contributed by atoms with E-state index in [1.807, 2.05) is 4.90 Å². The van der Waals surface area contributed by atoms with Crippen molar-refractivity contribution in [2.45, 2.75) is 65.2 Å². The molecule has 0 aliphatic heterocycles. The number of carbonyl (C=O) groups excluding carboxylic acids is 1. The second-order valence-corrected chi connectivity index (χ2v) is 5.76. The zero-order valence-electron chi connectivity index (χ0n) is 12.8. The van der Waals surface area contributed by atoms with E-state index in [1.54, 1.807) is 6.20 Å². The minimum Gasteiger partial charge on any atom is -0.337 e.